The van der Waals surface area contributed by atoms with E-state index in [1.807, 2.05) is 36.4 Å². The fourth-order valence-corrected chi connectivity index (χ4v) is 4.50. The van der Waals surface area contributed by atoms with Gasteiger partial charge in [-0.05, 0) is 25.0 Å². The zero-order valence-electron chi connectivity index (χ0n) is 15.8. The highest BCUT2D eigenvalue weighted by Crippen LogP contribution is 2.42. The molecule has 5 nitrogen and oxygen atoms in total. The van der Waals surface area contributed by atoms with Crippen molar-refractivity contribution in [3.8, 4) is 11.5 Å². The largest absolute Gasteiger partial charge is 0.496 e. The van der Waals surface area contributed by atoms with Crippen LogP contribution < -0.4 is 20.1 Å². The van der Waals surface area contributed by atoms with Gasteiger partial charge in [0.2, 0.25) is 5.91 Å². The standard InChI is InChI=1S/C22H26N2O3/c1-26-18-12-5-3-8-14(18)20-16-10-7-11-17(23-22(16)25)21(24-20)15-9-4-6-13-19(15)27-2/h3-6,8-9,12-13,16-17,20-21,24H,7,10-11H2,1-2H3,(H,23,25). The van der Waals surface area contributed by atoms with Crippen LogP contribution in [0.4, 0.5) is 0 Å². The zero-order valence-corrected chi connectivity index (χ0v) is 15.8. The Morgan fingerprint density at radius 3 is 2.07 bits per heavy atom. The first-order valence-electron chi connectivity index (χ1n) is 9.55. The number of benzene rings is 2. The molecule has 5 heteroatoms. The van der Waals surface area contributed by atoms with Crippen LogP contribution in [0.2, 0.25) is 0 Å². The molecular weight excluding hydrogens is 340 g/mol. The quantitative estimate of drug-likeness (QED) is 0.871. The van der Waals surface area contributed by atoms with Crippen LogP contribution in [0.1, 0.15) is 42.5 Å². The summed E-state index contributed by atoms with van der Waals surface area (Å²) < 4.78 is 11.2. The molecule has 0 spiro atoms. The van der Waals surface area contributed by atoms with Crippen molar-refractivity contribution in [1.29, 1.82) is 0 Å². The van der Waals surface area contributed by atoms with Crippen LogP contribution in [0.3, 0.4) is 0 Å². The molecule has 0 aromatic heterocycles. The van der Waals surface area contributed by atoms with E-state index < -0.39 is 0 Å². The molecule has 4 unspecified atom stereocenters. The Morgan fingerprint density at radius 1 is 0.852 bits per heavy atom. The van der Waals surface area contributed by atoms with Gasteiger partial charge in [-0.1, -0.05) is 42.8 Å². The number of hydrogen-bond acceptors (Lipinski definition) is 4. The Bertz CT molecular complexity index is 823. The normalized spacial score (nSPS) is 27.4. The highest BCUT2D eigenvalue weighted by Gasteiger charge is 2.42. The predicted molar refractivity (Wildman–Crippen MR) is 104 cm³/mol. The fourth-order valence-electron chi connectivity index (χ4n) is 4.50. The lowest BCUT2D eigenvalue weighted by Gasteiger charge is -2.33. The molecule has 1 amide bonds. The van der Waals surface area contributed by atoms with Gasteiger partial charge in [-0.25, -0.2) is 0 Å². The van der Waals surface area contributed by atoms with Gasteiger partial charge >= 0.3 is 0 Å². The molecule has 2 N–H and O–H groups in total. The van der Waals surface area contributed by atoms with Crippen molar-refractivity contribution in [2.24, 2.45) is 5.92 Å². The van der Waals surface area contributed by atoms with Gasteiger partial charge in [0, 0.05) is 23.2 Å². The lowest BCUT2D eigenvalue weighted by molar-refractivity contribution is -0.125. The molecule has 2 aliphatic heterocycles. The third-order valence-electron chi connectivity index (χ3n) is 5.81. The molecule has 2 aromatic carbocycles. The maximum atomic E-state index is 13.0. The van der Waals surface area contributed by atoms with E-state index in [-0.39, 0.29) is 30.0 Å². The molecule has 2 fully saturated rings. The molecule has 2 bridgehead atoms. The number of nitrogens with one attached hydrogen (secondary N) is 2. The second kappa shape index (κ2) is 7.61. The van der Waals surface area contributed by atoms with Gasteiger partial charge in [-0.3, -0.25) is 4.79 Å². The van der Waals surface area contributed by atoms with Crippen LogP contribution in [-0.4, -0.2) is 26.2 Å². The second-order valence-electron chi connectivity index (χ2n) is 7.26. The summed E-state index contributed by atoms with van der Waals surface area (Å²) in [5.41, 5.74) is 2.11. The van der Waals surface area contributed by atoms with Crippen molar-refractivity contribution >= 4 is 5.91 Å². The number of ether oxygens (including phenoxy) is 2. The summed E-state index contributed by atoms with van der Waals surface area (Å²) in [4.78, 5) is 13.0. The molecule has 0 saturated carbocycles. The van der Waals surface area contributed by atoms with E-state index >= 15 is 0 Å². The molecule has 0 aliphatic carbocycles. The minimum atomic E-state index is -0.119. The minimum Gasteiger partial charge on any atom is -0.496 e. The summed E-state index contributed by atoms with van der Waals surface area (Å²) in [5.74, 6) is 1.65. The Balaban J connectivity index is 1.81. The van der Waals surface area contributed by atoms with Gasteiger partial charge in [-0.15, -0.1) is 0 Å². The summed E-state index contributed by atoms with van der Waals surface area (Å²) in [5, 5.41) is 7.07. The molecule has 2 aliphatic rings. The monoisotopic (exact) mass is 366 g/mol. The van der Waals surface area contributed by atoms with Gasteiger partial charge in [0.25, 0.3) is 0 Å². The first kappa shape index (κ1) is 17.9. The zero-order chi connectivity index (χ0) is 18.8. The SMILES string of the molecule is COc1ccccc1C1NC(c2ccccc2OC)C2CCCC1NC2=O. The smallest absolute Gasteiger partial charge is 0.225 e. The molecule has 2 heterocycles. The van der Waals surface area contributed by atoms with Crippen LogP contribution in [-0.2, 0) is 4.79 Å². The van der Waals surface area contributed by atoms with Crippen molar-refractivity contribution in [2.75, 3.05) is 14.2 Å². The van der Waals surface area contributed by atoms with Gasteiger partial charge < -0.3 is 20.1 Å². The summed E-state index contributed by atoms with van der Waals surface area (Å²) in [6.45, 7) is 0. The van der Waals surface area contributed by atoms with Crippen LogP contribution >= 0.6 is 0 Å². The van der Waals surface area contributed by atoms with Gasteiger partial charge in [-0.2, -0.15) is 0 Å². The number of hydrogen-bond donors (Lipinski definition) is 2. The van der Waals surface area contributed by atoms with Crippen LogP contribution in [0, 0.1) is 5.92 Å². The number of methoxy groups -OCH3 is 2. The second-order valence-corrected chi connectivity index (χ2v) is 7.26. The molecule has 2 aromatic rings. The first-order valence-corrected chi connectivity index (χ1v) is 9.55. The third kappa shape index (κ3) is 3.28. The molecule has 142 valence electrons. The summed E-state index contributed by atoms with van der Waals surface area (Å²) in [6, 6.07) is 15.9. The number of carbonyl (C=O) groups is 1. The van der Waals surface area contributed by atoms with Crippen molar-refractivity contribution in [3.05, 3.63) is 59.7 Å². The Morgan fingerprint density at radius 2 is 1.44 bits per heavy atom. The van der Waals surface area contributed by atoms with E-state index in [1.165, 1.54) is 0 Å². The summed E-state index contributed by atoms with van der Waals surface area (Å²) in [7, 11) is 3.37. The van der Waals surface area contributed by atoms with E-state index in [4.69, 9.17) is 9.47 Å². The molecule has 0 radical (unpaired) electrons. The van der Waals surface area contributed by atoms with Gasteiger partial charge in [0.15, 0.2) is 0 Å². The van der Waals surface area contributed by atoms with E-state index in [9.17, 15) is 4.79 Å². The lowest BCUT2D eigenvalue weighted by Crippen LogP contribution is -2.40. The average Bonchev–Trinajstić information content (AvgIpc) is 2.97. The highest BCUT2D eigenvalue weighted by atomic mass is 16.5. The summed E-state index contributed by atoms with van der Waals surface area (Å²) >= 11 is 0. The summed E-state index contributed by atoms with van der Waals surface area (Å²) in [6.07, 6.45) is 2.85. The average molecular weight is 366 g/mol. The van der Waals surface area contributed by atoms with E-state index in [0.29, 0.717) is 0 Å². The molecule has 2 saturated heterocycles. The first-order chi connectivity index (χ1) is 13.2. The molecule has 27 heavy (non-hydrogen) atoms. The Hall–Kier alpha value is -2.53. The topological polar surface area (TPSA) is 59.6 Å². The number of amides is 1. The third-order valence-corrected chi connectivity index (χ3v) is 5.81. The predicted octanol–water partition coefficient (Wildman–Crippen LogP) is 3.37. The van der Waals surface area contributed by atoms with Gasteiger partial charge in [0.1, 0.15) is 11.5 Å². The Labute approximate surface area is 160 Å². The number of para-hydroxylation sites is 2. The van der Waals surface area contributed by atoms with Gasteiger partial charge in [0.05, 0.1) is 26.2 Å². The van der Waals surface area contributed by atoms with Crippen molar-refractivity contribution in [2.45, 2.75) is 37.4 Å². The van der Waals surface area contributed by atoms with Crippen molar-refractivity contribution in [3.63, 3.8) is 0 Å². The maximum Gasteiger partial charge on any atom is 0.225 e. The number of fused-ring (bicyclic) bond motifs is 3. The number of carbonyl (C=O) groups excluding carboxylic acids is 1. The van der Waals surface area contributed by atoms with E-state index in [0.717, 1.165) is 41.9 Å². The number of rotatable bonds is 4. The lowest BCUT2D eigenvalue weighted by atomic mass is 9.84. The van der Waals surface area contributed by atoms with Crippen molar-refractivity contribution in [1.82, 2.24) is 10.6 Å². The highest BCUT2D eigenvalue weighted by molar-refractivity contribution is 5.81. The van der Waals surface area contributed by atoms with Crippen LogP contribution in [0.25, 0.3) is 0 Å². The van der Waals surface area contributed by atoms with E-state index in [2.05, 4.69) is 22.8 Å². The van der Waals surface area contributed by atoms with E-state index in [1.54, 1.807) is 14.2 Å². The fraction of sp³-hybridized carbons (Fsp3) is 0.409. The molecule has 4 rings (SSSR count). The van der Waals surface area contributed by atoms with Crippen LogP contribution in [0.5, 0.6) is 11.5 Å². The maximum absolute atomic E-state index is 13.0. The Kier molecular flexibility index (Phi) is 5.03. The van der Waals surface area contributed by atoms with Crippen molar-refractivity contribution < 1.29 is 14.3 Å². The molecule has 4 atom stereocenters. The van der Waals surface area contributed by atoms with Crippen LogP contribution in [0.15, 0.2) is 48.5 Å². The molecular formula is C22H26N2O3. The minimum absolute atomic E-state index is 0.0229.